The van der Waals surface area contributed by atoms with Crippen molar-refractivity contribution >= 4 is 47.3 Å². The number of aliphatic imine (C=N–C) groups is 1. The van der Waals surface area contributed by atoms with Crippen LogP contribution in [-0.2, 0) is 16.1 Å². The lowest BCUT2D eigenvalue weighted by Gasteiger charge is -2.16. The topological polar surface area (TPSA) is 87.6 Å². The molecule has 1 aromatic carbocycles. The Labute approximate surface area is 124 Å². The molecule has 0 spiro atoms. The van der Waals surface area contributed by atoms with E-state index in [9.17, 15) is 14.4 Å². The first-order valence-corrected chi connectivity index (χ1v) is 6.32. The molecule has 0 bridgehead atoms. The van der Waals surface area contributed by atoms with Crippen LogP contribution in [0.15, 0.2) is 23.2 Å². The van der Waals surface area contributed by atoms with Crippen LogP contribution in [0.1, 0.15) is 5.56 Å². The molecule has 1 heterocycles. The van der Waals surface area contributed by atoms with Gasteiger partial charge in [-0.2, -0.15) is 0 Å². The number of imide groups is 2. The molecule has 1 aliphatic heterocycles. The maximum absolute atomic E-state index is 11.4. The molecular weight excluding hydrogens is 305 g/mol. The molecule has 1 fully saturated rings. The third kappa shape index (κ3) is 3.34. The summed E-state index contributed by atoms with van der Waals surface area (Å²) in [5, 5.41) is 4.81. The highest BCUT2D eigenvalue weighted by Gasteiger charge is 2.32. The van der Waals surface area contributed by atoms with Crippen LogP contribution in [0, 0.1) is 5.92 Å². The van der Waals surface area contributed by atoms with Gasteiger partial charge in [-0.3, -0.25) is 25.2 Å². The lowest BCUT2D eigenvalue weighted by molar-refractivity contribution is -0.132. The average Bonchev–Trinajstić information content (AvgIpc) is 2.36. The molecule has 0 radical (unpaired) electrons. The summed E-state index contributed by atoms with van der Waals surface area (Å²) in [5.41, 5.74) is 0.781. The largest absolute Gasteiger partial charge is 0.328 e. The third-order valence-electron chi connectivity index (χ3n) is 2.55. The molecule has 2 rings (SSSR count). The molecule has 0 saturated carbocycles. The van der Waals surface area contributed by atoms with E-state index in [-0.39, 0.29) is 6.54 Å². The van der Waals surface area contributed by atoms with Gasteiger partial charge in [0.2, 0.25) is 11.8 Å². The smallest absolute Gasteiger partial charge is 0.291 e. The van der Waals surface area contributed by atoms with Gasteiger partial charge in [0, 0.05) is 6.21 Å². The number of benzene rings is 1. The number of halogens is 2. The molecule has 104 valence electrons. The van der Waals surface area contributed by atoms with Crippen molar-refractivity contribution in [2.75, 3.05) is 0 Å². The highest BCUT2D eigenvalue weighted by atomic mass is 35.5. The number of hydrogen-bond donors (Lipinski definition) is 2. The predicted octanol–water partition coefficient (Wildman–Crippen LogP) is 1.55. The van der Waals surface area contributed by atoms with Crippen molar-refractivity contribution in [2.45, 2.75) is 6.54 Å². The molecule has 0 unspecified atom stereocenters. The number of urea groups is 1. The van der Waals surface area contributed by atoms with Gasteiger partial charge in [0.15, 0.2) is 5.92 Å². The first kappa shape index (κ1) is 14.5. The molecule has 1 aromatic rings. The quantitative estimate of drug-likeness (QED) is 0.655. The molecule has 8 heteroatoms. The number of rotatable bonds is 3. The highest BCUT2D eigenvalue weighted by Crippen LogP contribution is 2.22. The Hall–Kier alpha value is -1.92. The minimum absolute atomic E-state index is 0.238. The van der Waals surface area contributed by atoms with E-state index in [1.165, 1.54) is 6.21 Å². The zero-order valence-electron chi connectivity index (χ0n) is 10.0. The summed E-state index contributed by atoms with van der Waals surface area (Å²) < 4.78 is 0. The monoisotopic (exact) mass is 313 g/mol. The van der Waals surface area contributed by atoms with Gasteiger partial charge >= 0.3 is 6.03 Å². The normalized spacial score (nSPS) is 16.4. The van der Waals surface area contributed by atoms with Crippen LogP contribution in [0.2, 0.25) is 10.0 Å². The Kier molecular flexibility index (Phi) is 4.36. The van der Waals surface area contributed by atoms with E-state index >= 15 is 0 Å². The van der Waals surface area contributed by atoms with Crippen molar-refractivity contribution in [1.29, 1.82) is 0 Å². The Bertz CT molecular complexity index is 596. The minimum Gasteiger partial charge on any atom is -0.291 e. The van der Waals surface area contributed by atoms with Crippen LogP contribution < -0.4 is 10.6 Å². The first-order chi connectivity index (χ1) is 9.47. The average molecular weight is 314 g/mol. The van der Waals surface area contributed by atoms with E-state index in [4.69, 9.17) is 23.2 Å². The standard InChI is InChI=1S/C12H9Cl2N3O3/c13-8-2-1-6(3-9(8)14)4-15-5-7-10(18)16-12(20)17-11(7)19/h1-3,5,7H,4H2,(H2,16,17,18,19,20). The van der Waals surface area contributed by atoms with Crippen LogP contribution in [0.4, 0.5) is 4.79 Å². The zero-order chi connectivity index (χ0) is 14.7. The predicted molar refractivity (Wildman–Crippen MR) is 73.8 cm³/mol. The van der Waals surface area contributed by atoms with E-state index in [1.807, 2.05) is 10.6 Å². The molecule has 20 heavy (non-hydrogen) atoms. The Morgan fingerprint density at radius 3 is 2.35 bits per heavy atom. The summed E-state index contributed by atoms with van der Waals surface area (Å²) in [6.07, 6.45) is 1.19. The lowest BCUT2D eigenvalue weighted by Crippen LogP contribution is -2.56. The fourth-order valence-electron chi connectivity index (χ4n) is 1.57. The zero-order valence-corrected chi connectivity index (χ0v) is 11.5. The van der Waals surface area contributed by atoms with Crippen molar-refractivity contribution in [3.05, 3.63) is 33.8 Å². The number of nitrogens with one attached hydrogen (secondary N) is 2. The van der Waals surface area contributed by atoms with Gasteiger partial charge in [-0.1, -0.05) is 29.3 Å². The number of nitrogens with zero attached hydrogens (tertiary/aromatic N) is 1. The van der Waals surface area contributed by atoms with Gasteiger partial charge in [-0.25, -0.2) is 4.79 Å². The molecule has 0 atom stereocenters. The van der Waals surface area contributed by atoms with Gasteiger partial charge in [-0.15, -0.1) is 0 Å². The van der Waals surface area contributed by atoms with Crippen LogP contribution in [0.25, 0.3) is 0 Å². The summed E-state index contributed by atoms with van der Waals surface area (Å²) in [7, 11) is 0. The fourth-order valence-corrected chi connectivity index (χ4v) is 1.89. The SMILES string of the molecule is O=C1NC(=O)C(C=NCc2ccc(Cl)c(Cl)c2)C(=O)N1. The Morgan fingerprint density at radius 2 is 1.75 bits per heavy atom. The van der Waals surface area contributed by atoms with Crippen molar-refractivity contribution in [3.8, 4) is 0 Å². The molecule has 1 aliphatic rings. The maximum Gasteiger partial charge on any atom is 0.328 e. The van der Waals surface area contributed by atoms with Crippen molar-refractivity contribution in [3.63, 3.8) is 0 Å². The second kappa shape index (κ2) is 6.02. The molecule has 0 aliphatic carbocycles. The van der Waals surface area contributed by atoms with E-state index in [1.54, 1.807) is 18.2 Å². The van der Waals surface area contributed by atoms with Gasteiger partial charge in [0.1, 0.15) is 0 Å². The summed E-state index contributed by atoms with van der Waals surface area (Å²) in [6, 6.07) is 4.18. The highest BCUT2D eigenvalue weighted by molar-refractivity contribution is 6.42. The molecular formula is C12H9Cl2N3O3. The van der Waals surface area contributed by atoms with E-state index in [2.05, 4.69) is 4.99 Å². The maximum atomic E-state index is 11.4. The Balaban J connectivity index is 2.02. The molecule has 2 N–H and O–H groups in total. The first-order valence-electron chi connectivity index (χ1n) is 5.57. The van der Waals surface area contributed by atoms with Crippen molar-refractivity contribution in [2.24, 2.45) is 10.9 Å². The van der Waals surface area contributed by atoms with Crippen molar-refractivity contribution < 1.29 is 14.4 Å². The third-order valence-corrected chi connectivity index (χ3v) is 3.29. The molecule has 6 nitrogen and oxygen atoms in total. The molecule has 0 aromatic heterocycles. The van der Waals surface area contributed by atoms with E-state index in [0.717, 1.165) is 5.56 Å². The van der Waals surface area contributed by atoms with Crippen LogP contribution in [0.5, 0.6) is 0 Å². The van der Waals surface area contributed by atoms with Gasteiger partial charge < -0.3 is 0 Å². The van der Waals surface area contributed by atoms with Crippen molar-refractivity contribution in [1.82, 2.24) is 10.6 Å². The van der Waals surface area contributed by atoms with E-state index < -0.39 is 23.8 Å². The van der Waals surface area contributed by atoms with Crippen LogP contribution >= 0.6 is 23.2 Å². The van der Waals surface area contributed by atoms with Gasteiger partial charge in [-0.05, 0) is 17.7 Å². The summed E-state index contributed by atoms with van der Waals surface area (Å²) in [4.78, 5) is 37.7. The number of barbiturate groups is 1. The number of amides is 4. The number of hydrogen-bond acceptors (Lipinski definition) is 4. The molecule has 4 amide bonds. The van der Waals surface area contributed by atoms with Crippen LogP contribution in [-0.4, -0.2) is 24.1 Å². The van der Waals surface area contributed by atoms with E-state index in [0.29, 0.717) is 10.0 Å². The lowest BCUT2D eigenvalue weighted by atomic mass is 10.1. The number of carbonyl (C=O) groups is 3. The Morgan fingerprint density at radius 1 is 1.10 bits per heavy atom. The summed E-state index contributed by atoms with van der Waals surface area (Å²) in [5.74, 6) is -2.51. The summed E-state index contributed by atoms with van der Waals surface area (Å²) >= 11 is 11.6. The molecule has 1 saturated heterocycles. The summed E-state index contributed by atoms with van der Waals surface area (Å²) in [6.45, 7) is 0.238. The minimum atomic E-state index is -1.12. The van der Waals surface area contributed by atoms with Crippen LogP contribution in [0.3, 0.4) is 0 Å². The second-order valence-electron chi connectivity index (χ2n) is 4.02. The second-order valence-corrected chi connectivity index (χ2v) is 4.84. The van der Waals surface area contributed by atoms with Gasteiger partial charge in [0.05, 0.1) is 16.6 Å². The fraction of sp³-hybridized carbons (Fsp3) is 0.167. The number of carbonyl (C=O) groups excluding carboxylic acids is 3. The van der Waals surface area contributed by atoms with Gasteiger partial charge in [0.25, 0.3) is 0 Å².